The van der Waals surface area contributed by atoms with E-state index in [1.165, 1.54) is 6.92 Å². The van der Waals surface area contributed by atoms with Crippen LogP contribution in [0.2, 0.25) is 0 Å². The molecule has 0 rings (SSSR count). The molecule has 15 heavy (non-hydrogen) atoms. The molecule has 5 nitrogen and oxygen atoms in total. The minimum atomic E-state index is -0.882. The van der Waals surface area contributed by atoms with Gasteiger partial charge in [-0.1, -0.05) is 6.58 Å². The van der Waals surface area contributed by atoms with Crippen molar-refractivity contribution in [1.82, 2.24) is 0 Å². The molecule has 0 aliphatic heterocycles. The summed E-state index contributed by atoms with van der Waals surface area (Å²) in [7, 11) is 0. The largest absolute Gasteiger partial charge is 0.460 e. The van der Waals surface area contributed by atoms with Gasteiger partial charge in [0.05, 0.1) is 19.3 Å². The summed E-state index contributed by atoms with van der Waals surface area (Å²) >= 11 is 0. The van der Waals surface area contributed by atoms with Crippen LogP contribution in [0, 0.1) is 0 Å². The second-order valence-electron chi connectivity index (χ2n) is 3.42. The minimum absolute atomic E-state index is 0.0222. The summed E-state index contributed by atoms with van der Waals surface area (Å²) < 4.78 is 9.63. The van der Waals surface area contributed by atoms with E-state index in [1.807, 2.05) is 0 Å². The van der Waals surface area contributed by atoms with E-state index in [9.17, 15) is 9.90 Å². The molecule has 0 fully saturated rings. The predicted molar refractivity (Wildman–Crippen MR) is 54.3 cm³/mol. The molecule has 0 aromatic carbocycles. The van der Waals surface area contributed by atoms with Crippen molar-refractivity contribution >= 4 is 5.97 Å². The van der Waals surface area contributed by atoms with E-state index < -0.39 is 18.2 Å². The summed E-state index contributed by atoms with van der Waals surface area (Å²) in [6.07, 6.45) is -1.46. The maximum absolute atomic E-state index is 10.9. The number of hydrogen-bond acceptors (Lipinski definition) is 5. The number of ether oxygens (including phenoxy) is 2. The SMILES string of the molecule is C=C(C)C(=O)OCC(O)COCC(C)O. The lowest BCUT2D eigenvalue weighted by Gasteiger charge is -2.12. The van der Waals surface area contributed by atoms with E-state index in [2.05, 4.69) is 6.58 Å². The molecule has 2 atom stereocenters. The molecule has 0 aliphatic rings. The van der Waals surface area contributed by atoms with E-state index in [0.717, 1.165) is 0 Å². The Morgan fingerprint density at radius 3 is 2.40 bits per heavy atom. The first kappa shape index (κ1) is 14.1. The first-order chi connectivity index (χ1) is 6.93. The zero-order valence-electron chi connectivity index (χ0n) is 9.10. The Kier molecular flexibility index (Phi) is 6.94. The standard InChI is InChI=1S/C10H18O5/c1-7(2)10(13)15-6-9(12)5-14-4-8(3)11/h8-9,11-12H,1,4-6H2,2-3H3. The highest BCUT2D eigenvalue weighted by atomic mass is 16.5. The molecular formula is C10H18O5. The predicted octanol–water partition coefficient (Wildman–Crippen LogP) is -0.136. The summed E-state index contributed by atoms with van der Waals surface area (Å²) in [5.41, 5.74) is 0.284. The van der Waals surface area contributed by atoms with Crippen LogP contribution in [0.5, 0.6) is 0 Å². The Hall–Kier alpha value is -0.910. The number of carbonyl (C=O) groups excluding carboxylic acids is 1. The van der Waals surface area contributed by atoms with Crippen LogP contribution < -0.4 is 0 Å². The number of esters is 1. The van der Waals surface area contributed by atoms with Crippen LogP contribution >= 0.6 is 0 Å². The van der Waals surface area contributed by atoms with Crippen molar-refractivity contribution < 1.29 is 24.5 Å². The molecule has 0 heterocycles. The maximum atomic E-state index is 10.9. The molecule has 0 amide bonds. The first-order valence-electron chi connectivity index (χ1n) is 4.70. The molecule has 0 saturated carbocycles. The monoisotopic (exact) mass is 218 g/mol. The van der Waals surface area contributed by atoms with Gasteiger partial charge < -0.3 is 19.7 Å². The summed E-state index contributed by atoms with van der Waals surface area (Å²) in [4.78, 5) is 10.9. The van der Waals surface area contributed by atoms with E-state index >= 15 is 0 Å². The van der Waals surface area contributed by atoms with Crippen molar-refractivity contribution in [2.45, 2.75) is 26.1 Å². The van der Waals surface area contributed by atoms with Gasteiger partial charge in [0.1, 0.15) is 12.7 Å². The number of carbonyl (C=O) groups is 1. The highest BCUT2D eigenvalue weighted by Gasteiger charge is 2.09. The van der Waals surface area contributed by atoms with E-state index in [0.29, 0.717) is 0 Å². The molecule has 0 aliphatic carbocycles. The lowest BCUT2D eigenvalue weighted by Crippen LogP contribution is -2.25. The average molecular weight is 218 g/mol. The summed E-state index contributed by atoms with van der Waals surface area (Å²) in [6.45, 7) is 6.53. The van der Waals surface area contributed by atoms with Gasteiger partial charge in [-0.3, -0.25) is 0 Å². The van der Waals surface area contributed by atoms with Gasteiger partial charge in [0.25, 0.3) is 0 Å². The van der Waals surface area contributed by atoms with Crippen molar-refractivity contribution in [3.63, 3.8) is 0 Å². The number of rotatable bonds is 7. The highest BCUT2D eigenvalue weighted by molar-refractivity contribution is 5.86. The van der Waals surface area contributed by atoms with E-state index in [1.54, 1.807) is 6.92 Å². The van der Waals surface area contributed by atoms with Crippen molar-refractivity contribution in [3.8, 4) is 0 Å². The summed E-state index contributed by atoms with van der Waals surface area (Å²) in [6, 6.07) is 0. The Balaban J connectivity index is 3.53. The van der Waals surface area contributed by atoms with Crippen LogP contribution in [-0.4, -0.2) is 48.2 Å². The topological polar surface area (TPSA) is 76.0 Å². The van der Waals surface area contributed by atoms with Gasteiger partial charge in [-0.25, -0.2) is 4.79 Å². The van der Waals surface area contributed by atoms with Crippen LogP contribution in [0.4, 0.5) is 0 Å². The minimum Gasteiger partial charge on any atom is -0.460 e. The fourth-order valence-electron chi connectivity index (χ4n) is 0.718. The quantitative estimate of drug-likeness (QED) is 0.459. The van der Waals surface area contributed by atoms with Gasteiger partial charge in [-0.15, -0.1) is 0 Å². The van der Waals surface area contributed by atoms with Gasteiger partial charge in [-0.2, -0.15) is 0 Å². The van der Waals surface area contributed by atoms with Crippen molar-refractivity contribution in [3.05, 3.63) is 12.2 Å². The molecule has 0 aromatic rings. The zero-order valence-corrected chi connectivity index (χ0v) is 9.10. The van der Waals surface area contributed by atoms with Gasteiger partial charge in [0.15, 0.2) is 0 Å². The number of aliphatic hydroxyl groups excluding tert-OH is 2. The molecule has 2 N–H and O–H groups in total. The maximum Gasteiger partial charge on any atom is 0.333 e. The fourth-order valence-corrected chi connectivity index (χ4v) is 0.718. The zero-order chi connectivity index (χ0) is 11.8. The van der Waals surface area contributed by atoms with E-state index in [-0.39, 0.29) is 25.4 Å². The summed E-state index contributed by atoms with van der Waals surface area (Å²) in [5, 5.41) is 18.1. The molecule has 0 saturated heterocycles. The second kappa shape index (κ2) is 7.39. The molecule has 0 aromatic heterocycles. The number of aliphatic hydroxyl groups is 2. The Labute approximate surface area is 89.3 Å². The molecule has 0 spiro atoms. The fraction of sp³-hybridized carbons (Fsp3) is 0.700. The van der Waals surface area contributed by atoms with Crippen LogP contribution in [0.1, 0.15) is 13.8 Å². The van der Waals surface area contributed by atoms with Crippen LogP contribution in [0.3, 0.4) is 0 Å². The van der Waals surface area contributed by atoms with Crippen molar-refractivity contribution in [2.75, 3.05) is 19.8 Å². The summed E-state index contributed by atoms with van der Waals surface area (Å²) in [5.74, 6) is -0.537. The van der Waals surface area contributed by atoms with Gasteiger partial charge >= 0.3 is 5.97 Å². The lowest BCUT2D eigenvalue weighted by atomic mass is 10.3. The Morgan fingerprint density at radius 2 is 1.93 bits per heavy atom. The van der Waals surface area contributed by atoms with Crippen LogP contribution in [0.25, 0.3) is 0 Å². The third-order valence-corrected chi connectivity index (χ3v) is 1.42. The molecule has 0 bridgehead atoms. The van der Waals surface area contributed by atoms with E-state index in [4.69, 9.17) is 14.6 Å². The average Bonchev–Trinajstić information content (AvgIpc) is 2.13. The normalized spacial score (nSPS) is 14.4. The van der Waals surface area contributed by atoms with Crippen LogP contribution in [-0.2, 0) is 14.3 Å². The third kappa shape index (κ3) is 8.11. The third-order valence-electron chi connectivity index (χ3n) is 1.42. The molecule has 0 radical (unpaired) electrons. The number of hydrogen-bond donors (Lipinski definition) is 2. The molecule has 5 heteroatoms. The molecule has 2 unspecified atom stereocenters. The smallest absolute Gasteiger partial charge is 0.333 e. The first-order valence-corrected chi connectivity index (χ1v) is 4.70. The lowest BCUT2D eigenvalue weighted by molar-refractivity contribution is -0.143. The molecule has 88 valence electrons. The molecular weight excluding hydrogens is 200 g/mol. The Bertz CT molecular complexity index is 212. The second-order valence-corrected chi connectivity index (χ2v) is 3.42. The Morgan fingerprint density at radius 1 is 1.33 bits per heavy atom. The van der Waals surface area contributed by atoms with Gasteiger partial charge in [0, 0.05) is 5.57 Å². The van der Waals surface area contributed by atoms with Gasteiger partial charge in [0.2, 0.25) is 0 Å². The highest BCUT2D eigenvalue weighted by Crippen LogP contribution is 1.95. The van der Waals surface area contributed by atoms with Crippen LogP contribution in [0.15, 0.2) is 12.2 Å². The van der Waals surface area contributed by atoms with Crippen molar-refractivity contribution in [1.29, 1.82) is 0 Å². The van der Waals surface area contributed by atoms with Gasteiger partial charge in [-0.05, 0) is 13.8 Å². The van der Waals surface area contributed by atoms with Crippen molar-refractivity contribution in [2.24, 2.45) is 0 Å².